The zero-order chi connectivity index (χ0) is 24.1. The highest BCUT2D eigenvalue weighted by atomic mass is 79.9. The van der Waals surface area contributed by atoms with E-state index < -0.39 is 11.6 Å². The lowest BCUT2D eigenvalue weighted by Crippen LogP contribution is -2.00. The number of halogens is 3. The van der Waals surface area contributed by atoms with Crippen LogP contribution in [0.15, 0.2) is 77.4 Å². The van der Waals surface area contributed by atoms with E-state index in [0.717, 1.165) is 16.1 Å². The molecule has 0 radical (unpaired) electrons. The van der Waals surface area contributed by atoms with E-state index in [1.165, 1.54) is 36.4 Å². The summed E-state index contributed by atoms with van der Waals surface area (Å²) in [5, 5.41) is 18.7. The van der Waals surface area contributed by atoms with Crippen molar-refractivity contribution in [3.05, 3.63) is 111 Å². The molecule has 1 aromatic heterocycles. The molecule has 3 aromatic carbocycles. The van der Waals surface area contributed by atoms with Crippen molar-refractivity contribution < 1.29 is 19.0 Å². The van der Waals surface area contributed by atoms with Gasteiger partial charge in [-0.1, -0.05) is 50.9 Å². The zero-order valence-electron chi connectivity index (χ0n) is 17.7. The SMILES string of the molecule is O=C(/C=C/c1c(F)cccc1Cl)c1ccc(OCc2cn(Cc3ccc(Br)cc3)nn2)cc1O. The molecule has 0 spiro atoms. The lowest BCUT2D eigenvalue weighted by atomic mass is 10.1. The van der Waals surface area contributed by atoms with Crippen LogP contribution in [0.3, 0.4) is 0 Å². The third kappa shape index (κ3) is 5.89. The Morgan fingerprint density at radius 1 is 1.18 bits per heavy atom. The Morgan fingerprint density at radius 3 is 2.71 bits per heavy atom. The maximum Gasteiger partial charge on any atom is 0.189 e. The quantitative estimate of drug-likeness (QED) is 0.216. The van der Waals surface area contributed by atoms with Gasteiger partial charge >= 0.3 is 0 Å². The van der Waals surface area contributed by atoms with Crippen molar-refractivity contribution in [3.8, 4) is 11.5 Å². The molecule has 6 nitrogen and oxygen atoms in total. The topological polar surface area (TPSA) is 77.2 Å². The van der Waals surface area contributed by atoms with Crippen molar-refractivity contribution in [1.29, 1.82) is 0 Å². The van der Waals surface area contributed by atoms with Gasteiger partial charge in [-0.05, 0) is 54.1 Å². The fourth-order valence-electron chi connectivity index (χ4n) is 3.14. The summed E-state index contributed by atoms with van der Waals surface area (Å²) in [5.74, 6) is -0.944. The number of allylic oxidation sites excluding steroid dienone is 1. The normalized spacial score (nSPS) is 11.1. The summed E-state index contributed by atoms with van der Waals surface area (Å²) < 4.78 is 22.2. The number of aromatic hydroxyl groups is 1. The number of rotatable bonds is 8. The Bertz CT molecular complexity index is 1340. The molecule has 172 valence electrons. The van der Waals surface area contributed by atoms with Crippen molar-refractivity contribution in [2.75, 3.05) is 0 Å². The van der Waals surface area contributed by atoms with E-state index in [1.54, 1.807) is 16.9 Å². The van der Waals surface area contributed by atoms with E-state index in [4.69, 9.17) is 16.3 Å². The second-order valence-electron chi connectivity index (χ2n) is 7.33. The van der Waals surface area contributed by atoms with Crippen molar-refractivity contribution in [2.24, 2.45) is 0 Å². The van der Waals surface area contributed by atoms with Gasteiger partial charge in [-0.3, -0.25) is 4.79 Å². The highest BCUT2D eigenvalue weighted by Gasteiger charge is 2.12. The van der Waals surface area contributed by atoms with Gasteiger partial charge < -0.3 is 9.84 Å². The highest BCUT2D eigenvalue weighted by Crippen LogP contribution is 2.26. The molecule has 0 fully saturated rings. The summed E-state index contributed by atoms with van der Waals surface area (Å²) in [5.41, 5.74) is 1.85. The van der Waals surface area contributed by atoms with Crippen LogP contribution in [0.4, 0.5) is 4.39 Å². The molecule has 0 amide bonds. The fourth-order valence-corrected chi connectivity index (χ4v) is 3.63. The average Bonchev–Trinajstić information content (AvgIpc) is 3.26. The lowest BCUT2D eigenvalue weighted by molar-refractivity contribution is 0.104. The van der Waals surface area contributed by atoms with Gasteiger partial charge in [-0.2, -0.15) is 0 Å². The third-order valence-electron chi connectivity index (χ3n) is 4.87. The Balaban J connectivity index is 1.37. The molecule has 0 bridgehead atoms. The number of hydrogen-bond acceptors (Lipinski definition) is 5. The standard InChI is InChI=1S/C25H18BrClFN3O3/c26-17-6-4-16(5-7-17)13-31-14-18(29-30-31)15-34-19-8-9-21(25(33)12-19)24(32)11-10-20-22(27)2-1-3-23(20)28/h1-12,14,33H,13,15H2/b11-10+. The number of ether oxygens (including phenoxy) is 1. The number of ketones is 1. The molecule has 34 heavy (non-hydrogen) atoms. The maximum atomic E-state index is 13.9. The second kappa shape index (κ2) is 10.6. The van der Waals surface area contributed by atoms with E-state index in [-0.39, 0.29) is 28.5 Å². The second-order valence-corrected chi connectivity index (χ2v) is 8.66. The number of aromatic nitrogens is 3. The summed E-state index contributed by atoms with van der Waals surface area (Å²) >= 11 is 9.37. The van der Waals surface area contributed by atoms with Crippen LogP contribution in [-0.2, 0) is 13.2 Å². The molecular formula is C25H18BrClFN3O3. The van der Waals surface area contributed by atoms with Crippen molar-refractivity contribution >= 4 is 39.4 Å². The summed E-state index contributed by atoms with van der Waals surface area (Å²) in [7, 11) is 0. The Kier molecular flexibility index (Phi) is 7.40. The molecule has 0 aliphatic heterocycles. The van der Waals surface area contributed by atoms with Crippen LogP contribution in [0.2, 0.25) is 5.02 Å². The molecule has 0 unspecified atom stereocenters. The van der Waals surface area contributed by atoms with Crippen LogP contribution in [0.25, 0.3) is 6.08 Å². The first kappa shape index (κ1) is 23.7. The predicted molar refractivity (Wildman–Crippen MR) is 130 cm³/mol. The molecule has 1 N–H and O–H groups in total. The van der Waals surface area contributed by atoms with E-state index in [1.807, 2.05) is 24.3 Å². The Labute approximate surface area is 208 Å². The molecule has 1 heterocycles. The smallest absolute Gasteiger partial charge is 0.189 e. The van der Waals surface area contributed by atoms with Crippen LogP contribution in [0.5, 0.6) is 11.5 Å². The van der Waals surface area contributed by atoms with Gasteiger partial charge in [0.1, 0.15) is 29.6 Å². The number of carbonyl (C=O) groups excluding carboxylic acids is 1. The molecule has 4 rings (SSSR count). The van der Waals surface area contributed by atoms with Crippen LogP contribution < -0.4 is 4.74 Å². The number of hydrogen-bond donors (Lipinski definition) is 1. The molecule has 0 aliphatic carbocycles. The Hall–Kier alpha value is -3.49. The van der Waals surface area contributed by atoms with Gasteiger partial charge in [0.05, 0.1) is 23.3 Å². The molecule has 0 aliphatic rings. The number of phenolic OH excluding ortho intramolecular Hbond substituents is 1. The van der Waals surface area contributed by atoms with E-state index in [0.29, 0.717) is 18.0 Å². The van der Waals surface area contributed by atoms with Gasteiger partial charge in [0.15, 0.2) is 5.78 Å². The first-order valence-electron chi connectivity index (χ1n) is 10.1. The third-order valence-corrected chi connectivity index (χ3v) is 5.72. The van der Waals surface area contributed by atoms with Crippen molar-refractivity contribution in [3.63, 3.8) is 0 Å². The van der Waals surface area contributed by atoms with Crippen molar-refractivity contribution in [1.82, 2.24) is 15.0 Å². The van der Waals surface area contributed by atoms with Crippen molar-refractivity contribution in [2.45, 2.75) is 13.2 Å². The monoisotopic (exact) mass is 541 g/mol. The first-order valence-corrected chi connectivity index (χ1v) is 11.3. The minimum absolute atomic E-state index is 0.0523. The van der Waals surface area contributed by atoms with Gasteiger partial charge in [0.2, 0.25) is 0 Å². The van der Waals surface area contributed by atoms with Gasteiger partial charge in [0, 0.05) is 16.1 Å². The van der Waals surface area contributed by atoms with Crippen LogP contribution in [0.1, 0.15) is 27.2 Å². The molecule has 4 aromatic rings. The Morgan fingerprint density at radius 2 is 1.97 bits per heavy atom. The van der Waals surface area contributed by atoms with Crippen LogP contribution in [-0.4, -0.2) is 25.9 Å². The lowest BCUT2D eigenvalue weighted by Gasteiger charge is -2.07. The predicted octanol–water partition coefficient (Wildman–Crippen LogP) is 6.06. The molecule has 9 heteroatoms. The van der Waals surface area contributed by atoms with E-state index in [2.05, 4.69) is 26.2 Å². The first-order chi connectivity index (χ1) is 16.4. The summed E-state index contributed by atoms with van der Waals surface area (Å²) in [6, 6.07) is 16.5. The maximum absolute atomic E-state index is 13.9. The largest absolute Gasteiger partial charge is 0.507 e. The van der Waals surface area contributed by atoms with Crippen LogP contribution in [0, 0.1) is 5.82 Å². The molecule has 0 saturated carbocycles. The fraction of sp³-hybridized carbons (Fsp3) is 0.0800. The molecule has 0 atom stereocenters. The average molecular weight is 543 g/mol. The van der Waals surface area contributed by atoms with E-state index >= 15 is 0 Å². The number of benzene rings is 3. The van der Waals surface area contributed by atoms with Gasteiger partial charge in [-0.15, -0.1) is 5.10 Å². The number of phenols is 1. The van der Waals surface area contributed by atoms with Gasteiger partial charge in [0.25, 0.3) is 0 Å². The molecular weight excluding hydrogens is 525 g/mol. The minimum atomic E-state index is -0.543. The van der Waals surface area contributed by atoms with Gasteiger partial charge in [-0.25, -0.2) is 9.07 Å². The minimum Gasteiger partial charge on any atom is -0.507 e. The summed E-state index contributed by atoms with van der Waals surface area (Å²) in [6.07, 6.45) is 4.21. The number of carbonyl (C=O) groups is 1. The van der Waals surface area contributed by atoms with E-state index in [9.17, 15) is 14.3 Å². The summed E-state index contributed by atoms with van der Waals surface area (Å²) in [6.45, 7) is 0.711. The number of nitrogens with zero attached hydrogens (tertiary/aromatic N) is 3. The van der Waals surface area contributed by atoms with Crippen LogP contribution >= 0.6 is 27.5 Å². The summed E-state index contributed by atoms with van der Waals surface area (Å²) in [4.78, 5) is 12.4. The molecule has 0 saturated heterocycles. The highest BCUT2D eigenvalue weighted by molar-refractivity contribution is 9.10. The zero-order valence-corrected chi connectivity index (χ0v) is 20.0.